The molecule has 0 atom stereocenters. The Kier molecular flexibility index (Phi) is 12.9. The van der Waals surface area contributed by atoms with E-state index >= 15 is 0 Å². The lowest BCUT2D eigenvalue weighted by Gasteiger charge is -2.10. The van der Waals surface area contributed by atoms with Gasteiger partial charge in [0.05, 0.1) is 6.20 Å². The van der Waals surface area contributed by atoms with Crippen molar-refractivity contribution in [2.45, 2.75) is 48.0 Å². The molecule has 0 saturated carbocycles. The van der Waals surface area contributed by atoms with Crippen molar-refractivity contribution in [1.29, 1.82) is 0 Å². The Bertz CT molecular complexity index is 875. The quantitative estimate of drug-likeness (QED) is 0.536. The van der Waals surface area contributed by atoms with Gasteiger partial charge in [-0.1, -0.05) is 57.5 Å². The van der Waals surface area contributed by atoms with Crippen molar-refractivity contribution in [3.63, 3.8) is 0 Å². The second-order valence-corrected chi connectivity index (χ2v) is 7.18. The third-order valence-corrected chi connectivity index (χ3v) is 3.43. The van der Waals surface area contributed by atoms with Crippen molar-refractivity contribution in [2.75, 3.05) is 5.32 Å². The van der Waals surface area contributed by atoms with Crippen molar-refractivity contribution in [3.8, 4) is 0 Å². The van der Waals surface area contributed by atoms with Gasteiger partial charge in [-0.3, -0.25) is 0 Å². The van der Waals surface area contributed by atoms with E-state index in [0.29, 0.717) is 11.6 Å². The maximum Gasteiger partial charge on any atom is 0.159 e. The number of carbonyl (C=O) groups is 2. The molecular formula is C22H31ClN4O2. The summed E-state index contributed by atoms with van der Waals surface area (Å²) in [5.74, 6) is 1.88. The van der Waals surface area contributed by atoms with Gasteiger partial charge >= 0.3 is 0 Å². The molecule has 0 unspecified atom stereocenters. The van der Waals surface area contributed by atoms with E-state index < -0.39 is 0 Å². The fraction of sp³-hybridized carbons (Fsp3) is 0.364. The van der Waals surface area contributed by atoms with E-state index in [9.17, 15) is 4.79 Å². The molecule has 0 bridgehead atoms. The number of carbonyl (C=O) groups excluding carboxylic acids is 2. The number of nitrogens with one attached hydrogen (secondary N) is 1. The van der Waals surface area contributed by atoms with Crippen LogP contribution < -0.4 is 5.32 Å². The highest BCUT2D eigenvalue weighted by molar-refractivity contribution is 6.29. The first-order valence-corrected chi connectivity index (χ1v) is 9.73. The molecule has 0 amide bonds. The van der Waals surface area contributed by atoms with Gasteiger partial charge in [-0.2, -0.15) is 9.61 Å². The Balaban J connectivity index is 0.000000600. The average molecular weight is 419 g/mol. The van der Waals surface area contributed by atoms with Crippen LogP contribution in [0.3, 0.4) is 0 Å². The maximum absolute atomic E-state index is 9.81. The predicted molar refractivity (Wildman–Crippen MR) is 121 cm³/mol. The number of rotatable bonds is 3. The molecule has 0 fully saturated rings. The molecule has 1 aromatic carbocycles. The maximum atomic E-state index is 9.81. The summed E-state index contributed by atoms with van der Waals surface area (Å²) in [5.41, 5.74) is 2.90. The monoisotopic (exact) mass is 418 g/mol. The molecule has 0 spiro atoms. The fourth-order valence-electron chi connectivity index (χ4n) is 1.82. The summed E-state index contributed by atoms with van der Waals surface area (Å²) in [4.78, 5) is 22.0. The minimum absolute atomic E-state index is 0.255. The van der Waals surface area contributed by atoms with Crippen LogP contribution in [0.25, 0.3) is 5.65 Å². The van der Waals surface area contributed by atoms with Crippen molar-refractivity contribution >= 4 is 41.3 Å². The molecule has 1 N–H and O–H groups in total. The summed E-state index contributed by atoms with van der Waals surface area (Å²) in [6.45, 7) is 14.0. The zero-order chi connectivity index (χ0) is 22.4. The van der Waals surface area contributed by atoms with Gasteiger partial charge in [-0.05, 0) is 31.4 Å². The topological polar surface area (TPSA) is 76.4 Å². The Morgan fingerprint density at radius 2 is 1.76 bits per heavy atom. The number of benzene rings is 1. The molecule has 3 aromatic rings. The number of Topliss-reactive ketones (excluding diaryl/α,β-unsaturated/α-hetero) is 1. The summed E-state index contributed by atoms with van der Waals surface area (Å²) >= 11 is 5.99. The molecule has 2 aromatic heterocycles. The van der Waals surface area contributed by atoms with Gasteiger partial charge in [0.15, 0.2) is 5.65 Å². The molecule has 0 aliphatic rings. The van der Waals surface area contributed by atoms with E-state index in [1.54, 1.807) is 23.7 Å². The molecule has 0 saturated heterocycles. The third-order valence-electron chi connectivity index (χ3n) is 3.23. The Labute approximate surface area is 178 Å². The van der Waals surface area contributed by atoms with Gasteiger partial charge < -0.3 is 14.9 Å². The fourth-order valence-corrected chi connectivity index (χ4v) is 2.01. The summed E-state index contributed by atoms with van der Waals surface area (Å²) in [6.07, 6.45) is 2.36. The molecular weight excluding hydrogens is 388 g/mol. The number of ketones is 1. The van der Waals surface area contributed by atoms with Gasteiger partial charge in [0, 0.05) is 24.2 Å². The van der Waals surface area contributed by atoms with Crippen LogP contribution in [0.2, 0.25) is 5.15 Å². The molecule has 0 radical (unpaired) electrons. The molecule has 7 heteroatoms. The number of anilines is 2. The van der Waals surface area contributed by atoms with E-state index in [-0.39, 0.29) is 5.78 Å². The predicted octanol–water partition coefficient (Wildman–Crippen LogP) is 5.90. The molecule has 29 heavy (non-hydrogen) atoms. The molecule has 158 valence electrons. The lowest BCUT2D eigenvalue weighted by molar-refractivity contribution is -0.116. The first kappa shape index (κ1) is 26.3. The highest BCUT2D eigenvalue weighted by Gasteiger charge is 2.06. The van der Waals surface area contributed by atoms with Crippen LogP contribution in [0, 0.1) is 12.8 Å². The van der Waals surface area contributed by atoms with Gasteiger partial charge in [0.2, 0.25) is 0 Å². The lowest BCUT2D eigenvalue weighted by Crippen LogP contribution is -2.02. The number of aromatic nitrogens is 3. The van der Waals surface area contributed by atoms with E-state index in [2.05, 4.69) is 36.2 Å². The molecule has 3 rings (SSSR count). The zero-order valence-corrected chi connectivity index (χ0v) is 18.8. The van der Waals surface area contributed by atoms with Gasteiger partial charge in [-0.25, -0.2) is 4.98 Å². The van der Waals surface area contributed by atoms with Gasteiger partial charge in [0.1, 0.15) is 23.5 Å². The standard InChI is InChI=1S/C13H11ClN4.C4H8O.C4H10.CH2O/c1-9-4-2-3-5-10(9)16-13-8-11(14)17-12-6-7-15-18(12)13;1-3-4(2)5;1-4(2)3;1-2/h2-8,16H,1H3;3H2,1-2H3;4H,1-3H3;1H2. The largest absolute Gasteiger partial charge is 0.340 e. The number of fused-ring (bicyclic) bond motifs is 1. The minimum Gasteiger partial charge on any atom is -0.340 e. The summed E-state index contributed by atoms with van der Waals surface area (Å²) < 4.78 is 1.72. The van der Waals surface area contributed by atoms with E-state index in [4.69, 9.17) is 16.4 Å². The SMILES string of the molecule is C=O.CC(C)C.CCC(C)=O.Cc1ccccc1Nc1cc(Cl)nc2ccnn12. The number of para-hydroxylation sites is 1. The number of hydrogen-bond donors (Lipinski definition) is 1. The van der Waals surface area contributed by atoms with Gasteiger partial charge in [-0.15, -0.1) is 0 Å². The first-order valence-electron chi connectivity index (χ1n) is 9.35. The second-order valence-electron chi connectivity index (χ2n) is 6.79. The number of hydrogen-bond acceptors (Lipinski definition) is 5. The van der Waals surface area contributed by atoms with Crippen molar-refractivity contribution < 1.29 is 9.59 Å². The average Bonchev–Trinajstić information content (AvgIpc) is 3.14. The van der Waals surface area contributed by atoms with Crippen molar-refractivity contribution in [2.24, 2.45) is 5.92 Å². The number of nitrogens with zero attached hydrogens (tertiary/aromatic N) is 3. The Morgan fingerprint density at radius 1 is 1.21 bits per heavy atom. The van der Waals surface area contributed by atoms with E-state index in [0.717, 1.165) is 28.6 Å². The molecule has 0 aliphatic carbocycles. The third kappa shape index (κ3) is 10.4. The first-order chi connectivity index (χ1) is 13.7. The molecule has 0 aliphatic heterocycles. The zero-order valence-electron chi connectivity index (χ0n) is 18.1. The van der Waals surface area contributed by atoms with Crippen LogP contribution >= 0.6 is 11.6 Å². The summed E-state index contributed by atoms with van der Waals surface area (Å²) in [5, 5.41) is 7.98. The van der Waals surface area contributed by atoms with E-state index in [1.807, 2.05) is 51.0 Å². The van der Waals surface area contributed by atoms with Crippen LogP contribution in [0.5, 0.6) is 0 Å². The second kappa shape index (κ2) is 14.3. The smallest absolute Gasteiger partial charge is 0.159 e. The number of aryl methyl sites for hydroxylation is 1. The Hall–Kier alpha value is -2.73. The Morgan fingerprint density at radius 3 is 2.28 bits per heavy atom. The van der Waals surface area contributed by atoms with Crippen LogP contribution in [-0.4, -0.2) is 27.2 Å². The molecule has 2 heterocycles. The van der Waals surface area contributed by atoms with Crippen LogP contribution in [0.1, 0.15) is 46.6 Å². The summed E-state index contributed by atoms with van der Waals surface area (Å²) in [7, 11) is 0. The highest BCUT2D eigenvalue weighted by atomic mass is 35.5. The highest BCUT2D eigenvalue weighted by Crippen LogP contribution is 2.22. The van der Waals surface area contributed by atoms with Crippen molar-refractivity contribution in [1.82, 2.24) is 14.6 Å². The lowest BCUT2D eigenvalue weighted by atomic mass is 10.2. The van der Waals surface area contributed by atoms with Crippen LogP contribution in [-0.2, 0) is 9.59 Å². The summed E-state index contributed by atoms with van der Waals surface area (Å²) in [6, 6.07) is 11.6. The van der Waals surface area contributed by atoms with E-state index in [1.165, 1.54) is 0 Å². The molecule has 6 nitrogen and oxygen atoms in total. The van der Waals surface area contributed by atoms with Crippen molar-refractivity contribution in [3.05, 3.63) is 53.3 Å². The van der Waals surface area contributed by atoms with Crippen LogP contribution in [0.15, 0.2) is 42.6 Å². The number of halogens is 1. The van der Waals surface area contributed by atoms with Gasteiger partial charge in [0.25, 0.3) is 0 Å². The normalized spacial score (nSPS) is 9.38. The minimum atomic E-state index is 0.255. The van der Waals surface area contributed by atoms with Crippen LogP contribution in [0.4, 0.5) is 11.5 Å².